The number of carboxylic acid groups (broad SMARTS) is 1. The van der Waals surface area contributed by atoms with E-state index in [4.69, 9.17) is 5.11 Å². The van der Waals surface area contributed by atoms with Gasteiger partial charge in [-0.25, -0.2) is 19.3 Å². The van der Waals surface area contributed by atoms with Gasteiger partial charge in [0.1, 0.15) is 5.69 Å². The number of anilines is 3. The van der Waals surface area contributed by atoms with Crippen molar-refractivity contribution >= 4 is 29.3 Å². The van der Waals surface area contributed by atoms with E-state index in [2.05, 4.69) is 30.8 Å². The first-order chi connectivity index (χ1) is 19.7. The van der Waals surface area contributed by atoms with Crippen molar-refractivity contribution in [3.8, 4) is 16.9 Å². The van der Waals surface area contributed by atoms with Crippen molar-refractivity contribution in [2.45, 2.75) is 25.2 Å². The van der Waals surface area contributed by atoms with Gasteiger partial charge < -0.3 is 20.6 Å². The Morgan fingerprint density at radius 3 is 2.71 bits per heavy atom. The van der Waals surface area contributed by atoms with Crippen molar-refractivity contribution in [3.05, 3.63) is 78.1 Å². The van der Waals surface area contributed by atoms with Gasteiger partial charge in [-0.15, -0.1) is 5.10 Å². The predicted octanol–water partition coefficient (Wildman–Crippen LogP) is 4.75. The van der Waals surface area contributed by atoms with Crippen LogP contribution in [0.25, 0.3) is 16.9 Å². The van der Waals surface area contributed by atoms with Gasteiger partial charge in [-0.05, 0) is 48.9 Å². The number of alkyl halides is 3. The normalized spacial score (nSPS) is 15.9. The van der Waals surface area contributed by atoms with Crippen molar-refractivity contribution in [2.75, 3.05) is 28.2 Å². The lowest BCUT2D eigenvalue weighted by atomic mass is 10.1. The Morgan fingerprint density at radius 1 is 1.07 bits per heavy atom. The third-order valence-corrected chi connectivity index (χ3v) is 6.98. The van der Waals surface area contributed by atoms with Crippen molar-refractivity contribution in [1.29, 1.82) is 0 Å². The number of nitrogens with one attached hydrogen (secondary N) is 2. The molecule has 1 saturated heterocycles. The molecule has 1 atom stereocenters. The van der Waals surface area contributed by atoms with Gasteiger partial charge in [0.05, 0.1) is 41.4 Å². The van der Waals surface area contributed by atoms with Gasteiger partial charge in [0, 0.05) is 24.3 Å². The number of carbonyl (C=O) groups excluding carboxylic acids is 1. The van der Waals surface area contributed by atoms with Crippen LogP contribution in [0.5, 0.6) is 0 Å². The molecule has 2 aliphatic heterocycles. The van der Waals surface area contributed by atoms with Crippen LogP contribution in [-0.4, -0.2) is 56.3 Å². The van der Waals surface area contributed by atoms with Gasteiger partial charge in [-0.1, -0.05) is 23.4 Å². The lowest BCUT2D eigenvalue weighted by molar-refractivity contribution is -0.137. The van der Waals surface area contributed by atoms with Gasteiger partial charge >= 0.3 is 18.3 Å². The highest BCUT2D eigenvalue weighted by Gasteiger charge is 2.40. The molecule has 2 bridgehead atoms. The molecule has 2 aromatic heterocycles. The minimum Gasteiger partial charge on any atom is -0.465 e. The van der Waals surface area contributed by atoms with Crippen molar-refractivity contribution in [2.24, 2.45) is 0 Å². The first-order valence-corrected chi connectivity index (χ1v) is 12.7. The second kappa shape index (κ2) is 10.1. The second-order valence-electron chi connectivity index (χ2n) is 9.67. The van der Waals surface area contributed by atoms with Crippen molar-refractivity contribution in [3.63, 3.8) is 0 Å². The van der Waals surface area contributed by atoms with Gasteiger partial charge in [0.2, 0.25) is 0 Å². The van der Waals surface area contributed by atoms with E-state index >= 15 is 0 Å². The second-order valence-corrected chi connectivity index (χ2v) is 9.67. The number of benzene rings is 2. The monoisotopic (exact) mass is 564 g/mol. The molecule has 3 amide bonds. The topological polar surface area (TPSA) is 129 Å². The van der Waals surface area contributed by atoms with Crippen LogP contribution in [0.1, 0.15) is 17.7 Å². The van der Waals surface area contributed by atoms with Crippen LogP contribution < -0.4 is 20.4 Å². The number of hydrogen-bond donors (Lipinski definition) is 3. The SMILES string of the molecule is O=C(O)NCc1cn(-c2cccc(NC(=O)N3c4nc(-c5cccc(C(F)(F)F)c5)ccc4N4CC[C@H]3C4)c2)nn1. The summed E-state index contributed by atoms with van der Waals surface area (Å²) in [6.45, 7) is 1.35. The summed E-state index contributed by atoms with van der Waals surface area (Å²) in [5, 5.41) is 21.9. The lowest BCUT2D eigenvalue weighted by Gasteiger charge is -2.36. The number of rotatable bonds is 5. The van der Waals surface area contributed by atoms with Crippen LogP contribution in [0.2, 0.25) is 0 Å². The molecule has 4 heterocycles. The minimum atomic E-state index is -4.49. The van der Waals surface area contributed by atoms with Gasteiger partial charge in [-0.2, -0.15) is 13.2 Å². The Kier molecular flexibility index (Phi) is 6.44. The Labute approximate surface area is 231 Å². The van der Waals surface area contributed by atoms with E-state index in [1.807, 2.05) is 0 Å². The van der Waals surface area contributed by atoms with E-state index in [1.54, 1.807) is 53.6 Å². The molecule has 3 N–H and O–H groups in total. The molecule has 41 heavy (non-hydrogen) atoms. The maximum absolute atomic E-state index is 13.7. The van der Waals surface area contributed by atoms with Crippen LogP contribution in [0.4, 0.5) is 40.0 Å². The number of amides is 3. The standard InChI is InChI=1S/C27H23F3N8O3/c28-27(29,30)17-4-1-3-16(11-17)22-7-8-23-24(33-22)38(21-9-10-36(23)15-21)25(39)32-18-5-2-6-20(12-18)37-14-19(34-35-37)13-31-26(40)41/h1-8,11-12,14,21,31H,9-10,13,15H2,(H,32,39)(H,40,41)/t21-/m0/s1. The summed E-state index contributed by atoms with van der Waals surface area (Å²) >= 11 is 0. The zero-order chi connectivity index (χ0) is 28.7. The quantitative estimate of drug-likeness (QED) is 0.319. The number of pyridine rings is 1. The summed E-state index contributed by atoms with van der Waals surface area (Å²) in [5.74, 6) is 0.383. The molecule has 6 rings (SSSR count). The van der Waals surface area contributed by atoms with Crippen LogP contribution in [0.15, 0.2) is 66.9 Å². The molecule has 0 spiro atoms. The predicted molar refractivity (Wildman–Crippen MR) is 143 cm³/mol. The Hall–Kier alpha value is -5.14. The zero-order valence-corrected chi connectivity index (χ0v) is 21.3. The van der Waals surface area contributed by atoms with E-state index in [-0.39, 0.29) is 12.6 Å². The number of aromatic nitrogens is 4. The average molecular weight is 565 g/mol. The maximum atomic E-state index is 13.7. The minimum absolute atomic E-state index is 0.00593. The molecular formula is C27H23F3N8O3. The average Bonchev–Trinajstić information content (AvgIpc) is 3.60. The van der Waals surface area contributed by atoms with E-state index in [1.165, 1.54) is 10.7 Å². The van der Waals surface area contributed by atoms with Gasteiger partial charge in [-0.3, -0.25) is 4.90 Å². The van der Waals surface area contributed by atoms with Gasteiger partial charge in [0.15, 0.2) is 5.82 Å². The Balaban J connectivity index is 1.27. The summed E-state index contributed by atoms with van der Waals surface area (Å²) < 4.78 is 41.4. The molecule has 0 aliphatic carbocycles. The summed E-state index contributed by atoms with van der Waals surface area (Å²) in [4.78, 5) is 32.8. The number of carbonyl (C=O) groups is 2. The lowest BCUT2D eigenvalue weighted by Crippen LogP contribution is -2.48. The fourth-order valence-electron chi connectivity index (χ4n) is 5.07. The van der Waals surface area contributed by atoms with Crippen LogP contribution in [-0.2, 0) is 12.7 Å². The fraction of sp³-hybridized carbons (Fsp3) is 0.222. The summed E-state index contributed by atoms with van der Waals surface area (Å²) in [6.07, 6.45) is -3.37. The third-order valence-electron chi connectivity index (χ3n) is 6.98. The largest absolute Gasteiger partial charge is 0.465 e. The van der Waals surface area contributed by atoms with Gasteiger partial charge in [0.25, 0.3) is 0 Å². The Bertz CT molecular complexity index is 1640. The van der Waals surface area contributed by atoms with Crippen molar-refractivity contribution in [1.82, 2.24) is 25.3 Å². The smallest absolute Gasteiger partial charge is 0.416 e. The zero-order valence-electron chi connectivity index (χ0n) is 21.3. The maximum Gasteiger partial charge on any atom is 0.416 e. The first-order valence-electron chi connectivity index (χ1n) is 12.7. The molecule has 2 aliphatic rings. The molecule has 1 fully saturated rings. The fourth-order valence-corrected chi connectivity index (χ4v) is 5.07. The van der Waals surface area contributed by atoms with E-state index < -0.39 is 23.9 Å². The Morgan fingerprint density at radius 2 is 1.90 bits per heavy atom. The third kappa shape index (κ3) is 5.23. The summed E-state index contributed by atoms with van der Waals surface area (Å²) in [6, 6.07) is 14.7. The molecule has 4 aromatic rings. The summed E-state index contributed by atoms with van der Waals surface area (Å²) in [5.41, 5.74) is 2.08. The molecule has 0 unspecified atom stereocenters. The molecule has 0 saturated carbocycles. The number of urea groups is 1. The highest BCUT2D eigenvalue weighted by molar-refractivity contribution is 6.05. The summed E-state index contributed by atoms with van der Waals surface area (Å²) in [7, 11) is 0. The highest BCUT2D eigenvalue weighted by Crippen LogP contribution is 2.41. The van der Waals surface area contributed by atoms with E-state index in [9.17, 15) is 22.8 Å². The molecule has 14 heteroatoms. The molecular weight excluding hydrogens is 541 g/mol. The molecule has 0 radical (unpaired) electrons. The van der Waals surface area contributed by atoms with Crippen molar-refractivity contribution < 1.29 is 27.9 Å². The first kappa shape index (κ1) is 26.1. The number of nitrogens with zero attached hydrogens (tertiary/aromatic N) is 6. The number of hydrogen-bond acceptors (Lipinski definition) is 6. The highest BCUT2D eigenvalue weighted by atomic mass is 19.4. The number of halogens is 3. The van der Waals surface area contributed by atoms with Crippen LogP contribution in [0.3, 0.4) is 0 Å². The molecule has 2 aromatic carbocycles. The van der Waals surface area contributed by atoms with E-state index in [0.29, 0.717) is 40.7 Å². The van der Waals surface area contributed by atoms with Crippen LogP contribution >= 0.6 is 0 Å². The number of fused-ring (bicyclic) bond motifs is 4. The molecule has 11 nitrogen and oxygen atoms in total. The van der Waals surface area contributed by atoms with E-state index in [0.717, 1.165) is 30.8 Å². The van der Waals surface area contributed by atoms with Crippen LogP contribution in [0, 0.1) is 0 Å². The molecule has 210 valence electrons.